The second-order valence-corrected chi connectivity index (χ2v) is 8.60. The first-order valence-corrected chi connectivity index (χ1v) is 11.0. The van der Waals surface area contributed by atoms with E-state index in [4.69, 9.17) is 16.3 Å². The molecule has 2 aromatic rings. The summed E-state index contributed by atoms with van der Waals surface area (Å²) in [5, 5.41) is 2.27. The molecule has 4 rings (SSSR count). The Bertz CT molecular complexity index is 1130. The summed E-state index contributed by atoms with van der Waals surface area (Å²) in [5.41, 5.74) is 0.542. The van der Waals surface area contributed by atoms with Gasteiger partial charge in [-0.05, 0) is 60.9 Å². The fraction of sp³-hybridized carbons (Fsp3) is 0.280. The van der Waals surface area contributed by atoms with Gasteiger partial charge in [0.25, 0.3) is 17.7 Å². The summed E-state index contributed by atoms with van der Waals surface area (Å²) in [4.78, 5) is 53.1. The van der Waals surface area contributed by atoms with E-state index < -0.39 is 41.9 Å². The second kappa shape index (κ2) is 9.19. The van der Waals surface area contributed by atoms with Gasteiger partial charge >= 0.3 is 0 Å². The van der Waals surface area contributed by atoms with Crippen LogP contribution >= 0.6 is 11.6 Å². The molecule has 3 atom stereocenters. The SMILES string of the molecule is COc1ccc(C(=O)CN(C(=O)c2ccc(Cl)cc2)N2C(=O)[C@H]3[C@@H](C)C=CC[C@H]3C2=O)cc1. The molecule has 0 unspecified atom stereocenters. The third-order valence-electron chi connectivity index (χ3n) is 6.12. The molecular formula is C25H23ClN2O5. The van der Waals surface area contributed by atoms with Crippen molar-refractivity contribution < 1.29 is 23.9 Å². The highest BCUT2D eigenvalue weighted by Gasteiger charge is 2.53. The number of imide groups is 1. The highest BCUT2D eigenvalue weighted by Crippen LogP contribution is 2.39. The third kappa shape index (κ3) is 4.28. The van der Waals surface area contributed by atoms with Crippen molar-refractivity contribution in [1.29, 1.82) is 0 Å². The number of hydrogen-bond acceptors (Lipinski definition) is 5. The predicted molar refractivity (Wildman–Crippen MR) is 122 cm³/mol. The number of allylic oxidation sites excluding steroid dienone is 2. The van der Waals surface area contributed by atoms with Crippen molar-refractivity contribution in [2.45, 2.75) is 13.3 Å². The minimum Gasteiger partial charge on any atom is -0.497 e. The molecule has 8 heteroatoms. The molecule has 33 heavy (non-hydrogen) atoms. The number of amides is 3. The van der Waals surface area contributed by atoms with Gasteiger partial charge in [-0.2, -0.15) is 5.01 Å². The van der Waals surface area contributed by atoms with Crippen molar-refractivity contribution >= 4 is 35.1 Å². The lowest BCUT2D eigenvalue weighted by molar-refractivity contribution is -0.154. The Labute approximate surface area is 196 Å². The Morgan fingerprint density at radius 2 is 1.67 bits per heavy atom. The molecule has 0 saturated carbocycles. The number of Topliss-reactive ketones (excluding diaryl/α,β-unsaturated/α-hetero) is 1. The van der Waals surface area contributed by atoms with Crippen LogP contribution in [0.5, 0.6) is 5.75 Å². The molecule has 1 aliphatic heterocycles. The molecule has 0 aromatic heterocycles. The van der Waals surface area contributed by atoms with Gasteiger partial charge in [-0.25, -0.2) is 5.01 Å². The van der Waals surface area contributed by atoms with E-state index in [0.29, 0.717) is 22.8 Å². The molecule has 7 nitrogen and oxygen atoms in total. The highest BCUT2D eigenvalue weighted by molar-refractivity contribution is 6.30. The van der Waals surface area contributed by atoms with Gasteiger partial charge in [-0.15, -0.1) is 0 Å². The van der Waals surface area contributed by atoms with E-state index in [0.717, 1.165) is 10.0 Å². The zero-order valence-electron chi connectivity index (χ0n) is 18.2. The van der Waals surface area contributed by atoms with Crippen LogP contribution in [0.1, 0.15) is 34.1 Å². The van der Waals surface area contributed by atoms with Gasteiger partial charge in [0.05, 0.1) is 18.9 Å². The van der Waals surface area contributed by atoms with Gasteiger partial charge in [-0.3, -0.25) is 19.2 Å². The van der Waals surface area contributed by atoms with Crippen LogP contribution in [0.15, 0.2) is 60.7 Å². The van der Waals surface area contributed by atoms with E-state index in [1.54, 1.807) is 24.3 Å². The van der Waals surface area contributed by atoms with Crippen LogP contribution < -0.4 is 4.74 Å². The number of ether oxygens (including phenoxy) is 1. The van der Waals surface area contributed by atoms with Crippen molar-refractivity contribution in [3.8, 4) is 5.75 Å². The van der Waals surface area contributed by atoms with Crippen molar-refractivity contribution in [3.63, 3.8) is 0 Å². The molecule has 0 bridgehead atoms. The molecule has 2 aromatic carbocycles. The Kier molecular flexibility index (Phi) is 6.33. The minimum atomic E-state index is -0.630. The van der Waals surface area contributed by atoms with Crippen LogP contribution in [-0.4, -0.2) is 47.2 Å². The zero-order chi connectivity index (χ0) is 23.7. The highest BCUT2D eigenvalue weighted by atomic mass is 35.5. The summed E-state index contributed by atoms with van der Waals surface area (Å²) < 4.78 is 5.12. The van der Waals surface area contributed by atoms with Crippen molar-refractivity contribution in [3.05, 3.63) is 76.8 Å². The Morgan fingerprint density at radius 3 is 2.27 bits per heavy atom. The fourth-order valence-corrected chi connectivity index (χ4v) is 4.47. The van der Waals surface area contributed by atoms with E-state index in [1.807, 2.05) is 19.1 Å². The Hall–Kier alpha value is -3.45. The van der Waals surface area contributed by atoms with Crippen LogP contribution in [0.3, 0.4) is 0 Å². The largest absolute Gasteiger partial charge is 0.497 e. The van der Waals surface area contributed by atoms with Gasteiger partial charge in [0, 0.05) is 16.1 Å². The summed E-state index contributed by atoms with van der Waals surface area (Å²) in [6, 6.07) is 12.5. The third-order valence-corrected chi connectivity index (χ3v) is 6.37. The van der Waals surface area contributed by atoms with Gasteiger partial charge in [0.15, 0.2) is 5.78 Å². The first kappa shape index (κ1) is 22.7. The fourth-order valence-electron chi connectivity index (χ4n) is 4.35. The number of halogens is 1. The first-order valence-electron chi connectivity index (χ1n) is 10.6. The lowest BCUT2D eigenvalue weighted by atomic mass is 9.78. The van der Waals surface area contributed by atoms with Gasteiger partial charge in [0.2, 0.25) is 0 Å². The zero-order valence-corrected chi connectivity index (χ0v) is 19.0. The number of hydrogen-bond donors (Lipinski definition) is 0. The number of carbonyl (C=O) groups is 4. The van der Waals surface area contributed by atoms with E-state index in [2.05, 4.69) is 0 Å². The van der Waals surface area contributed by atoms with Gasteiger partial charge < -0.3 is 4.74 Å². The number of ketones is 1. The van der Waals surface area contributed by atoms with Gasteiger partial charge in [0.1, 0.15) is 12.3 Å². The summed E-state index contributed by atoms with van der Waals surface area (Å²) in [6.45, 7) is 1.41. The van der Waals surface area contributed by atoms with E-state index in [9.17, 15) is 19.2 Å². The van der Waals surface area contributed by atoms with Crippen molar-refractivity contribution in [2.24, 2.45) is 17.8 Å². The summed E-state index contributed by atoms with van der Waals surface area (Å²) in [6.07, 6.45) is 4.21. The molecule has 3 amide bonds. The molecule has 0 spiro atoms. The normalized spacial score (nSPS) is 21.7. The number of carbonyl (C=O) groups excluding carboxylic acids is 4. The predicted octanol–water partition coefficient (Wildman–Crippen LogP) is 3.79. The van der Waals surface area contributed by atoms with Crippen LogP contribution in [-0.2, 0) is 9.59 Å². The van der Waals surface area contributed by atoms with Crippen molar-refractivity contribution in [1.82, 2.24) is 10.0 Å². The number of rotatable bonds is 6. The topological polar surface area (TPSA) is 84.0 Å². The first-order chi connectivity index (χ1) is 15.8. The summed E-state index contributed by atoms with van der Waals surface area (Å²) in [5.74, 6) is -2.65. The van der Waals surface area contributed by atoms with Crippen LogP contribution in [0, 0.1) is 17.8 Å². The molecule has 0 N–H and O–H groups in total. The smallest absolute Gasteiger partial charge is 0.273 e. The molecule has 170 valence electrons. The summed E-state index contributed by atoms with van der Waals surface area (Å²) >= 11 is 5.94. The van der Waals surface area contributed by atoms with E-state index >= 15 is 0 Å². The summed E-state index contributed by atoms with van der Waals surface area (Å²) in [7, 11) is 1.52. The number of hydrazine groups is 1. The Morgan fingerprint density at radius 1 is 1.03 bits per heavy atom. The standard InChI is InChI=1S/C25H23ClN2O5/c1-15-4-3-5-20-22(15)25(32)28(24(20)31)27(23(30)17-6-10-18(26)11-7-17)14-21(29)16-8-12-19(33-2)13-9-16/h3-4,6-13,15,20,22H,5,14H2,1-2H3/t15-,20+,22-/m0/s1. The number of nitrogens with zero attached hydrogens (tertiary/aromatic N) is 2. The molecule has 0 radical (unpaired) electrons. The Balaban J connectivity index is 1.69. The molecule has 1 saturated heterocycles. The van der Waals surface area contributed by atoms with E-state index in [1.165, 1.54) is 31.4 Å². The quantitative estimate of drug-likeness (QED) is 0.367. The maximum Gasteiger partial charge on any atom is 0.273 e. The second-order valence-electron chi connectivity index (χ2n) is 8.16. The van der Waals surface area contributed by atoms with Crippen LogP contribution in [0.4, 0.5) is 0 Å². The monoisotopic (exact) mass is 466 g/mol. The van der Waals surface area contributed by atoms with Crippen molar-refractivity contribution in [2.75, 3.05) is 13.7 Å². The maximum atomic E-state index is 13.4. The maximum absolute atomic E-state index is 13.4. The molecule has 1 fully saturated rings. The number of benzene rings is 2. The van der Waals surface area contributed by atoms with Gasteiger partial charge in [-0.1, -0.05) is 30.7 Å². The lowest BCUT2D eigenvalue weighted by Gasteiger charge is -2.30. The molecular weight excluding hydrogens is 444 g/mol. The average molecular weight is 467 g/mol. The average Bonchev–Trinajstić information content (AvgIpc) is 3.08. The number of fused-ring (bicyclic) bond motifs is 1. The minimum absolute atomic E-state index is 0.144. The molecule has 2 aliphatic rings. The van der Waals surface area contributed by atoms with Crippen LogP contribution in [0.2, 0.25) is 5.02 Å². The lowest BCUT2D eigenvalue weighted by Crippen LogP contribution is -2.52. The molecule has 1 aliphatic carbocycles. The van der Waals surface area contributed by atoms with E-state index in [-0.39, 0.29) is 11.5 Å². The van der Waals surface area contributed by atoms with Crippen LogP contribution in [0.25, 0.3) is 0 Å². The number of methoxy groups -OCH3 is 1. The molecule has 1 heterocycles.